The average molecular weight is 267 g/mol. The highest BCUT2D eigenvalue weighted by atomic mass is 16.5. The van der Waals surface area contributed by atoms with Gasteiger partial charge in [0.1, 0.15) is 5.69 Å². The van der Waals surface area contributed by atoms with Gasteiger partial charge in [-0.1, -0.05) is 0 Å². The lowest BCUT2D eigenvalue weighted by Gasteiger charge is -2.34. The number of hydrogen-bond donors (Lipinski definition) is 4. The van der Waals surface area contributed by atoms with E-state index in [9.17, 15) is 9.59 Å². The molecule has 1 aromatic heterocycles. The molecule has 2 amide bonds. The van der Waals surface area contributed by atoms with Gasteiger partial charge < -0.3 is 25.5 Å². The second-order valence-corrected chi connectivity index (χ2v) is 4.67. The van der Waals surface area contributed by atoms with Crippen molar-refractivity contribution in [2.24, 2.45) is 0 Å². The zero-order valence-electron chi connectivity index (χ0n) is 10.8. The summed E-state index contributed by atoms with van der Waals surface area (Å²) in [6, 6.07) is 1.27. The Kier molecular flexibility index (Phi) is 3.75. The van der Waals surface area contributed by atoms with Crippen molar-refractivity contribution in [3.05, 3.63) is 17.5 Å². The number of methoxy groups -OCH3 is 1. The monoisotopic (exact) mass is 267 g/mol. The van der Waals surface area contributed by atoms with Crippen LogP contribution in [-0.4, -0.2) is 41.3 Å². The van der Waals surface area contributed by atoms with E-state index >= 15 is 0 Å². The van der Waals surface area contributed by atoms with E-state index in [1.54, 1.807) is 20.1 Å². The lowest BCUT2D eigenvalue weighted by Crippen LogP contribution is -2.48. The van der Waals surface area contributed by atoms with Crippen molar-refractivity contribution in [1.82, 2.24) is 10.3 Å². The van der Waals surface area contributed by atoms with E-state index in [1.807, 2.05) is 0 Å². The van der Waals surface area contributed by atoms with Crippen molar-refractivity contribution in [3.63, 3.8) is 0 Å². The first-order valence-corrected chi connectivity index (χ1v) is 6.02. The molecule has 1 aromatic rings. The van der Waals surface area contributed by atoms with Gasteiger partial charge in [-0.15, -0.1) is 0 Å². The zero-order valence-corrected chi connectivity index (χ0v) is 10.8. The Morgan fingerprint density at radius 2 is 2.16 bits per heavy atom. The third-order valence-electron chi connectivity index (χ3n) is 3.18. The number of carboxylic acids is 1. The summed E-state index contributed by atoms with van der Waals surface area (Å²) in [6.07, 6.45) is 1.76. The normalized spacial score (nSPS) is 21.6. The number of H-pyrrole nitrogens is 1. The van der Waals surface area contributed by atoms with Crippen molar-refractivity contribution < 1.29 is 19.4 Å². The maximum Gasteiger partial charge on any atom is 0.354 e. The summed E-state index contributed by atoms with van der Waals surface area (Å²) in [4.78, 5) is 25.4. The first-order valence-electron chi connectivity index (χ1n) is 6.02. The van der Waals surface area contributed by atoms with Crippen LogP contribution in [0.3, 0.4) is 0 Å². The Morgan fingerprint density at radius 1 is 1.47 bits per heavy atom. The second kappa shape index (κ2) is 5.31. The van der Waals surface area contributed by atoms with Gasteiger partial charge in [0.2, 0.25) is 0 Å². The van der Waals surface area contributed by atoms with Crippen molar-refractivity contribution in [2.45, 2.75) is 31.9 Å². The Bertz CT molecular complexity index is 491. The number of amides is 2. The molecular formula is C12H17N3O4. The first kappa shape index (κ1) is 13.4. The van der Waals surface area contributed by atoms with Crippen LogP contribution in [0.25, 0.3) is 0 Å². The molecule has 1 fully saturated rings. The second-order valence-electron chi connectivity index (χ2n) is 4.67. The largest absolute Gasteiger partial charge is 0.477 e. The van der Waals surface area contributed by atoms with Crippen molar-refractivity contribution in [1.29, 1.82) is 0 Å². The quantitative estimate of drug-likeness (QED) is 0.660. The molecule has 0 spiro atoms. The van der Waals surface area contributed by atoms with Gasteiger partial charge in [-0.25, -0.2) is 9.59 Å². The smallest absolute Gasteiger partial charge is 0.354 e. The van der Waals surface area contributed by atoms with E-state index in [2.05, 4.69) is 15.6 Å². The molecule has 0 aliphatic heterocycles. The maximum atomic E-state index is 11.7. The fraction of sp³-hybridized carbons (Fsp3) is 0.500. The molecule has 2 rings (SSSR count). The van der Waals surface area contributed by atoms with Crippen LogP contribution in [0.4, 0.5) is 10.5 Å². The van der Waals surface area contributed by atoms with E-state index in [0.717, 1.165) is 12.8 Å². The number of ether oxygens (including phenoxy) is 1. The van der Waals surface area contributed by atoms with Crippen molar-refractivity contribution in [2.75, 3.05) is 12.4 Å². The van der Waals surface area contributed by atoms with E-state index in [4.69, 9.17) is 9.84 Å². The summed E-state index contributed by atoms with van der Waals surface area (Å²) in [5.74, 6) is -1.11. The number of carbonyl (C=O) groups is 2. The van der Waals surface area contributed by atoms with E-state index in [1.165, 1.54) is 0 Å². The summed E-state index contributed by atoms with van der Waals surface area (Å²) in [5.41, 5.74) is 0.928. The number of aromatic carboxylic acids is 1. The molecule has 19 heavy (non-hydrogen) atoms. The highest BCUT2D eigenvalue weighted by molar-refractivity contribution is 5.99. The van der Waals surface area contributed by atoms with Crippen molar-refractivity contribution >= 4 is 17.7 Å². The fourth-order valence-electron chi connectivity index (χ4n) is 2.08. The minimum Gasteiger partial charge on any atom is -0.477 e. The van der Waals surface area contributed by atoms with Gasteiger partial charge in [0.15, 0.2) is 0 Å². The molecule has 7 heteroatoms. The average Bonchev–Trinajstić information content (AvgIpc) is 2.64. The van der Waals surface area contributed by atoms with E-state index in [0.29, 0.717) is 5.69 Å². The third-order valence-corrected chi connectivity index (χ3v) is 3.18. The molecule has 1 aliphatic carbocycles. The number of aromatic amines is 1. The van der Waals surface area contributed by atoms with Crippen LogP contribution in [0.1, 0.15) is 29.0 Å². The lowest BCUT2D eigenvalue weighted by atomic mass is 9.89. The number of hydrogen-bond acceptors (Lipinski definition) is 3. The Labute approximate surface area is 110 Å². The van der Waals surface area contributed by atoms with Crippen LogP contribution >= 0.6 is 0 Å². The molecule has 4 N–H and O–H groups in total. The van der Waals surface area contributed by atoms with Gasteiger partial charge in [0.05, 0.1) is 11.8 Å². The number of nitrogens with one attached hydrogen (secondary N) is 3. The maximum absolute atomic E-state index is 11.7. The van der Waals surface area contributed by atoms with Crippen LogP contribution < -0.4 is 10.6 Å². The summed E-state index contributed by atoms with van der Waals surface area (Å²) >= 11 is 0. The number of anilines is 1. The molecule has 0 radical (unpaired) electrons. The minimum atomic E-state index is -1.11. The fourth-order valence-corrected chi connectivity index (χ4v) is 2.08. The van der Waals surface area contributed by atoms with Crippen molar-refractivity contribution in [3.8, 4) is 0 Å². The molecule has 0 bridgehead atoms. The standard InChI is InChI=1S/C12H17N3O4/c1-6-3-9(10(13-6)11(16)17)15-12(18)14-7-4-8(5-7)19-2/h3,7-8,13H,4-5H2,1-2H3,(H,16,17)(H2,14,15,18). The zero-order chi connectivity index (χ0) is 14.0. The number of aromatic nitrogens is 1. The number of rotatable bonds is 4. The third kappa shape index (κ3) is 3.05. The highest BCUT2D eigenvalue weighted by Crippen LogP contribution is 2.23. The van der Waals surface area contributed by atoms with E-state index in [-0.39, 0.29) is 23.5 Å². The molecule has 0 saturated heterocycles. The highest BCUT2D eigenvalue weighted by Gasteiger charge is 2.30. The lowest BCUT2D eigenvalue weighted by molar-refractivity contribution is 0.0210. The van der Waals surface area contributed by atoms with E-state index < -0.39 is 12.0 Å². The molecule has 0 aromatic carbocycles. The number of aryl methyl sites for hydroxylation is 1. The number of urea groups is 1. The summed E-state index contributed by atoms with van der Waals surface area (Å²) in [5, 5.41) is 14.3. The molecule has 0 unspecified atom stereocenters. The topological polar surface area (TPSA) is 103 Å². The molecular weight excluding hydrogens is 250 g/mol. The van der Waals surface area contributed by atoms with Gasteiger partial charge in [-0.3, -0.25) is 0 Å². The summed E-state index contributed by atoms with van der Waals surface area (Å²) < 4.78 is 5.12. The van der Waals surface area contributed by atoms with Gasteiger partial charge in [0, 0.05) is 18.8 Å². The molecule has 7 nitrogen and oxygen atoms in total. The molecule has 104 valence electrons. The Hall–Kier alpha value is -2.02. The summed E-state index contributed by atoms with van der Waals surface area (Å²) in [6.45, 7) is 1.73. The van der Waals surface area contributed by atoms with Crippen LogP contribution in [-0.2, 0) is 4.74 Å². The molecule has 1 saturated carbocycles. The first-order chi connectivity index (χ1) is 8.99. The molecule has 1 aliphatic rings. The number of carboxylic acid groups (broad SMARTS) is 1. The van der Waals surface area contributed by atoms with Gasteiger partial charge >= 0.3 is 12.0 Å². The predicted molar refractivity (Wildman–Crippen MR) is 68.5 cm³/mol. The minimum absolute atomic E-state index is 0.0176. The van der Waals surface area contributed by atoms with Crippen LogP contribution in [0.15, 0.2) is 6.07 Å². The molecule has 0 atom stereocenters. The SMILES string of the molecule is COC1CC(NC(=O)Nc2cc(C)[nH]c2C(=O)O)C1. The van der Waals surface area contributed by atoms with Crippen LogP contribution in [0, 0.1) is 6.92 Å². The summed E-state index contributed by atoms with van der Waals surface area (Å²) in [7, 11) is 1.64. The predicted octanol–water partition coefficient (Wildman–Crippen LogP) is 1.32. The van der Waals surface area contributed by atoms with Crippen LogP contribution in [0.5, 0.6) is 0 Å². The van der Waals surface area contributed by atoms with Gasteiger partial charge in [0.25, 0.3) is 0 Å². The van der Waals surface area contributed by atoms with Gasteiger partial charge in [-0.05, 0) is 25.8 Å². The Balaban J connectivity index is 1.90. The molecule has 1 heterocycles. The van der Waals surface area contributed by atoms with Gasteiger partial charge in [-0.2, -0.15) is 0 Å². The Morgan fingerprint density at radius 3 is 2.74 bits per heavy atom. The van der Waals surface area contributed by atoms with Crippen LogP contribution in [0.2, 0.25) is 0 Å². The number of carbonyl (C=O) groups excluding carboxylic acids is 1.